The Morgan fingerprint density at radius 1 is 1.08 bits per heavy atom. The van der Waals surface area contributed by atoms with Crippen LogP contribution in [0, 0.1) is 51.8 Å². The first-order chi connectivity index (χ1) is 12.7. The van der Waals surface area contributed by atoms with E-state index in [0.717, 1.165) is 40.6 Å². The van der Waals surface area contributed by atoms with Crippen LogP contribution in [-0.2, 0) is 0 Å². The predicted octanol–water partition coefficient (Wildman–Crippen LogP) is 5.60. The standard InChI is InChI=1S/C24H30N2/c1-15-11-17-8-10-23-13-21(26-18-6-4-16(14-25)5-7-18)19(23)3-2-9-24(23)20(12-15)22(17)24/h4-7,15,17,19-22,26H,2-3,8-13H2,1H3/t15-,17?,19+,20?,21-,22-,23?,24?/m0/s1. The van der Waals surface area contributed by atoms with Crippen molar-refractivity contribution >= 4 is 5.69 Å². The Bertz CT molecular complexity index is 776. The van der Waals surface area contributed by atoms with E-state index in [9.17, 15) is 0 Å². The smallest absolute Gasteiger partial charge is 0.0991 e. The Labute approximate surface area is 157 Å². The summed E-state index contributed by atoms with van der Waals surface area (Å²) >= 11 is 0. The SMILES string of the molecule is C[C@H]1CC2CCC34C[C@H](Nc5ccc(C#N)cc5)[C@H]3CCCC43C(C1)[C@H]23. The molecular formula is C24H30N2. The predicted molar refractivity (Wildman–Crippen MR) is 103 cm³/mol. The van der Waals surface area contributed by atoms with Crippen molar-refractivity contribution in [1.82, 2.24) is 0 Å². The van der Waals surface area contributed by atoms with Crippen molar-refractivity contribution in [3.05, 3.63) is 29.8 Å². The number of hydrogen-bond donors (Lipinski definition) is 1. The van der Waals surface area contributed by atoms with Gasteiger partial charge in [-0.3, -0.25) is 0 Å². The highest BCUT2D eigenvalue weighted by atomic mass is 15.0. The zero-order valence-corrected chi connectivity index (χ0v) is 15.9. The summed E-state index contributed by atoms with van der Waals surface area (Å²) in [4.78, 5) is 0. The molecule has 1 N–H and O–H groups in total. The molecule has 6 rings (SSSR count). The number of hydrogen-bond acceptors (Lipinski definition) is 2. The second-order valence-corrected chi connectivity index (χ2v) is 10.3. The van der Waals surface area contributed by atoms with Crippen molar-refractivity contribution in [2.24, 2.45) is 40.4 Å². The molecule has 0 heterocycles. The van der Waals surface area contributed by atoms with E-state index in [0.29, 0.717) is 11.5 Å². The molecule has 0 saturated heterocycles. The van der Waals surface area contributed by atoms with E-state index in [1.165, 1.54) is 50.6 Å². The van der Waals surface area contributed by atoms with Crippen LogP contribution < -0.4 is 5.32 Å². The van der Waals surface area contributed by atoms with Crippen LogP contribution in [-0.4, -0.2) is 6.04 Å². The number of rotatable bonds is 2. The average Bonchev–Trinajstić information content (AvgIpc) is 3.29. The van der Waals surface area contributed by atoms with Gasteiger partial charge in [0.1, 0.15) is 0 Å². The summed E-state index contributed by atoms with van der Waals surface area (Å²) in [6.45, 7) is 2.52. The van der Waals surface area contributed by atoms with E-state index in [4.69, 9.17) is 5.26 Å². The van der Waals surface area contributed by atoms with Crippen LogP contribution in [0.25, 0.3) is 0 Å². The summed E-state index contributed by atoms with van der Waals surface area (Å²) in [7, 11) is 0. The quantitative estimate of drug-likeness (QED) is 0.756. The van der Waals surface area contributed by atoms with Crippen molar-refractivity contribution in [3.63, 3.8) is 0 Å². The number of nitriles is 1. The fourth-order valence-electron chi connectivity index (χ4n) is 8.96. The first-order valence-electron chi connectivity index (χ1n) is 10.9. The van der Waals surface area contributed by atoms with E-state index < -0.39 is 0 Å². The van der Waals surface area contributed by atoms with E-state index >= 15 is 0 Å². The third kappa shape index (κ3) is 1.73. The molecule has 5 saturated carbocycles. The topological polar surface area (TPSA) is 35.8 Å². The Balaban J connectivity index is 1.26. The fraction of sp³-hybridized carbons (Fsp3) is 0.708. The van der Waals surface area contributed by atoms with Gasteiger partial charge in [0, 0.05) is 11.7 Å². The largest absolute Gasteiger partial charge is 0.382 e. The lowest BCUT2D eigenvalue weighted by molar-refractivity contribution is -0.133. The molecule has 136 valence electrons. The first-order valence-corrected chi connectivity index (χ1v) is 10.9. The van der Waals surface area contributed by atoms with E-state index in [2.05, 4.69) is 30.4 Å². The van der Waals surface area contributed by atoms with Gasteiger partial charge in [0.2, 0.25) is 0 Å². The molecule has 0 aliphatic heterocycles. The van der Waals surface area contributed by atoms with Crippen molar-refractivity contribution in [3.8, 4) is 6.07 Å². The molecule has 2 spiro atoms. The summed E-state index contributed by atoms with van der Waals surface area (Å²) < 4.78 is 0. The minimum Gasteiger partial charge on any atom is -0.382 e. The summed E-state index contributed by atoms with van der Waals surface area (Å²) in [6, 6.07) is 11.0. The minimum atomic E-state index is 0.664. The maximum Gasteiger partial charge on any atom is 0.0991 e. The van der Waals surface area contributed by atoms with Crippen LogP contribution in [0.15, 0.2) is 24.3 Å². The Kier molecular flexibility index (Phi) is 3.03. The average molecular weight is 347 g/mol. The molecule has 8 atom stereocenters. The fourth-order valence-corrected chi connectivity index (χ4v) is 8.96. The monoisotopic (exact) mass is 346 g/mol. The first kappa shape index (κ1) is 15.6. The van der Waals surface area contributed by atoms with Gasteiger partial charge >= 0.3 is 0 Å². The van der Waals surface area contributed by atoms with Gasteiger partial charge in [-0.2, -0.15) is 5.26 Å². The van der Waals surface area contributed by atoms with Crippen LogP contribution in [0.3, 0.4) is 0 Å². The van der Waals surface area contributed by atoms with E-state index in [-0.39, 0.29) is 0 Å². The van der Waals surface area contributed by atoms with Gasteiger partial charge in [-0.25, -0.2) is 0 Å². The summed E-state index contributed by atoms with van der Waals surface area (Å²) in [5.41, 5.74) is 3.41. The van der Waals surface area contributed by atoms with Crippen molar-refractivity contribution in [2.45, 2.75) is 64.3 Å². The van der Waals surface area contributed by atoms with E-state index in [1.54, 1.807) is 6.42 Å². The molecule has 0 bridgehead atoms. The maximum absolute atomic E-state index is 9.01. The van der Waals surface area contributed by atoms with Gasteiger partial charge in [-0.05, 0) is 110 Å². The summed E-state index contributed by atoms with van der Waals surface area (Å²) in [5.74, 6) is 5.12. The second-order valence-electron chi connectivity index (χ2n) is 10.3. The van der Waals surface area contributed by atoms with Gasteiger partial charge in [-0.15, -0.1) is 0 Å². The highest BCUT2D eigenvalue weighted by Crippen LogP contribution is 2.87. The molecule has 2 nitrogen and oxygen atoms in total. The van der Waals surface area contributed by atoms with Gasteiger partial charge in [0.05, 0.1) is 11.6 Å². The molecule has 1 aromatic rings. The molecule has 5 aliphatic carbocycles. The molecule has 2 heteroatoms. The lowest BCUT2D eigenvalue weighted by Crippen LogP contribution is -2.63. The van der Waals surface area contributed by atoms with Gasteiger partial charge in [-0.1, -0.05) is 13.3 Å². The van der Waals surface area contributed by atoms with Crippen molar-refractivity contribution in [1.29, 1.82) is 5.26 Å². The van der Waals surface area contributed by atoms with Gasteiger partial charge in [0.15, 0.2) is 0 Å². The lowest BCUT2D eigenvalue weighted by Gasteiger charge is -2.65. The van der Waals surface area contributed by atoms with Gasteiger partial charge < -0.3 is 5.32 Å². The van der Waals surface area contributed by atoms with Crippen LogP contribution in [0.4, 0.5) is 5.69 Å². The van der Waals surface area contributed by atoms with Crippen LogP contribution in [0.1, 0.15) is 63.9 Å². The third-order valence-corrected chi connectivity index (χ3v) is 9.59. The van der Waals surface area contributed by atoms with Gasteiger partial charge in [0.25, 0.3) is 0 Å². The van der Waals surface area contributed by atoms with Crippen LogP contribution >= 0.6 is 0 Å². The maximum atomic E-state index is 9.01. The lowest BCUT2D eigenvalue weighted by atomic mass is 9.41. The van der Waals surface area contributed by atoms with Crippen LogP contribution in [0.2, 0.25) is 0 Å². The highest BCUT2D eigenvalue weighted by molar-refractivity contribution is 5.49. The number of benzene rings is 1. The molecule has 5 fully saturated rings. The third-order valence-electron chi connectivity index (χ3n) is 9.59. The number of nitrogens with zero attached hydrogens (tertiary/aromatic N) is 1. The second kappa shape index (κ2) is 5.06. The Morgan fingerprint density at radius 3 is 2.73 bits per heavy atom. The van der Waals surface area contributed by atoms with Crippen molar-refractivity contribution < 1.29 is 0 Å². The molecule has 5 aliphatic rings. The zero-order valence-electron chi connectivity index (χ0n) is 15.9. The molecule has 0 amide bonds. The number of nitrogens with one attached hydrogen (secondary N) is 1. The molecule has 0 radical (unpaired) electrons. The number of anilines is 1. The Morgan fingerprint density at radius 2 is 1.92 bits per heavy atom. The Hall–Kier alpha value is -1.49. The summed E-state index contributed by atoms with van der Waals surface area (Å²) in [6.07, 6.45) is 12.0. The minimum absolute atomic E-state index is 0.664. The van der Waals surface area contributed by atoms with Crippen molar-refractivity contribution in [2.75, 3.05) is 5.32 Å². The molecule has 4 unspecified atom stereocenters. The zero-order chi connectivity index (χ0) is 17.5. The van der Waals surface area contributed by atoms with E-state index in [1.807, 2.05) is 12.1 Å². The van der Waals surface area contributed by atoms with Crippen LogP contribution in [0.5, 0.6) is 0 Å². The highest BCUT2D eigenvalue weighted by Gasteiger charge is 2.82. The normalized spacial score (nSPS) is 50.3. The molecule has 26 heavy (non-hydrogen) atoms. The molecular weight excluding hydrogens is 316 g/mol. The molecule has 1 aromatic carbocycles. The molecule has 0 aromatic heterocycles. The summed E-state index contributed by atoms with van der Waals surface area (Å²) in [5, 5.41) is 12.9.